The molecule has 0 bridgehead atoms. The van der Waals surface area contributed by atoms with Crippen LogP contribution in [0, 0.1) is 17.6 Å². The molecule has 0 saturated carbocycles. The van der Waals surface area contributed by atoms with Gasteiger partial charge in [-0.1, -0.05) is 30.3 Å². The number of benzene rings is 2. The lowest BCUT2D eigenvalue weighted by Crippen LogP contribution is -2.44. The van der Waals surface area contributed by atoms with Gasteiger partial charge in [-0.25, -0.2) is 23.4 Å². The number of halogens is 2. The molecule has 1 aliphatic rings. The number of imidazole rings is 1. The highest BCUT2D eigenvalue weighted by Gasteiger charge is 2.34. The first-order valence-electron chi connectivity index (χ1n) is 12.5. The minimum atomic E-state index is -0.709. The first-order chi connectivity index (χ1) is 18.1. The van der Waals surface area contributed by atoms with Gasteiger partial charge >= 0.3 is 12.2 Å². The van der Waals surface area contributed by atoms with E-state index in [0.717, 1.165) is 23.8 Å². The molecular formula is C28H32F2N4O4. The number of aromatic amines is 1. The van der Waals surface area contributed by atoms with Gasteiger partial charge in [0, 0.05) is 24.8 Å². The molecule has 2 N–H and O–H groups in total. The fourth-order valence-corrected chi connectivity index (χ4v) is 4.40. The highest BCUT2D eigenvalue weighted by molar-refractivity contribution is 5.69. The average Bonchev–Trinajstić information content (AvgIpc) is 3.37. The number of rotatable bonds is 6. The molecule has 4 rings (SSSR count). The van der Waals surface area contributed by atoms with Crippen LogP contribution >= 0.6 is 0 Å². The van der Waals surface area contributed by atoms with E-state index < -0.39 is 35.5 Å². The summed E-state index contributed by atoms with van der Waals surface area (Å²) in [5.74, 6) is -0.902. The van der Waals surface area contributed by atoms with Gasteiger partial charge < -0.3 is 24.7 Å². The zero-order valence-corrected chi connectivity index (χ0v) is 21.7. The Labute approximate surface area is 220 Å². The van der Waals surface area contributed by atoms with Crippen molar-refractivity contribution < 1.29 is 27.8 Å². The lowest BCUT2D eigenvalue weighted by Gasteiger charge is -2.35. The van der Waals surface area contributed by atoms with Crippen LogP contribution in [0.4, 0.5) is 18.4 Å². The third-order valence-electron chi connectivity index (χ3n) is 6.24. The van der Waals surface area contributed by atoms with Crippen LogP contribution in [0.3, 0.4) is 0 Å². The molecule has 1 fully saturated rings. The number of hydrogen-bond donors (Lipinski definition) is 2. The zero-order chi connectivity index (χ0) is 27.3. The Bertz CT molecular complexity index is 1250. The quantitative estimate of drug-likeness (QED) is 0.413. The summed E-state index contributed by atoms with van der Waals surface area (Å²) in [4.78, 5) is 34.4. The molecule has 2 aromatic carbocycles. The Morgan fingerprint density at radius 1 is 1.13 bits per heavy atom. The number of H-pyrrole nitrogens is 1. The first-order valence-corrected chi connectivity index (χ1v) is 12.5. The number of carbonyl (C=O) groups excluding carboxylic acids is 2. The van der Waals surface area contributed by atoms with Crippen LogP contribution in [0.15, 0.2) is 54.7 Å². The number of hydrogen-bond acceptors (Lipinski definition) is 5. The summed E-state index contributed by atoms with van der Waals surface area (Å²) in [6, 6.07) is 12.0. The van der Waals surface area contributed by atoms with E-state index in [1.165, 1.54) is 6.20 Å². The van der Waals surface area contributed by atoms with Gasteiger partial charge in [-0.3, -0.25) is 0 Å². The molecule has 8 nitrogen and oxygen atoms in total. The topological polar surface area (TPSA) is 96.5 Å². The van der Waals surface area contributed by atoms with Crippen molar-refractivity contribution in [3.8, 4) is 11.3 Å². The summed E-state index contributed by atoms with van der Waals surface area (Å²) < 4.78 is 39.0. The van der Waals surface area contributed by atoms with Gasteiger partial charge in [0.1, 0.15) is 29.7 Å². The Morgan fingerprint density at radius 2 is 1.84 bits per heavy atom. The molecule has 2 amide bonds. The molecule has 2 heterocycles. The van der Waals surface area contributed by atoms with Crippen molar-refractivity contribution in [2.75, 3.05) is 13.1 Å². The van der Waals surface area contributed by atoms with Crippen LogP contribution in [-0.4, -0.2) is 45.7 Å². The van der Waals surface area contributed by atoms with Crippen molar-refractivity contribution in [1.29, 1.82) is 0 Å². The van der Waals surface area contributed by atoms with Crippen molar-refractivity contribution in [2.24, 2.45) is 5.92 Å². The van der Waals surface area contributed by atoms with E-state index in [1.807, 2.05) is 30.3 Å². The summed E-state index contributed by atoms with van der Waals surface area (Å²) in [5.41, 5.74) is 0.426. The van der Waals surface area contributed by atoms with Gasteiger partial charge in [-0.15, -0.1) is 0 Å². The van der Waals surface area contributed by atoms with E-state index in [0.29, 0.717) is 31.8 Å². The molecule has 10 heteroatoms. The van der Waals surface area contributed by atoms with Crippen LogP contribution < -0.4 is 5.32 Å². The maximum atomic E-state index is 14.3. The molecular weight excluding hydrogens is 494 g/mol. The third kappa shape index (κ3) is 7.08. The second-order valence-electron chi connectivity index (χ2n) is 10.3. The van der Waals surface area contributed by atoms with E-state index in [4.69, 9.17) is 9.47 Å². The number of likely N-dealkylation sites (tertiary alicyclic amines) is 1. The molecule has 0 spiro atoms. The summed E-state index contributed by atoms with van der Waals surface area (Å²) in [7, 11) is 0. The number of piperidine rings is 1. The maximum absolute atomic E-state index is 14.3. The Kier molecular flexibility index (Phi) is 8.29. The lowest BCUT2D eigenvalue weighted by molar-refractivity contribution is 0.0444. The fraction of sp³-hybridized carbons (Fsp3) is 0.393. The number of nitrogens with zero attached hydrogens (tertiary/aromatic N) is 2. The second-order valence-corrected chi connectivity index (χ2v) is 10.3. The van der Waals surface area contributed by atoms with Crippen LogP contribution in [-0.2, 0) is 16.1 Å². The highest BCUT2D eigenvalue weighted by Crippen LogP contribution is 2.32. The fourth-order valence-electron chi connectivity index (χ4n) is 4.40. The Hall–Kier alpha value is -3.95. The normalized spacial score (nSPS) is 15.1. The van der Waals surface area contributed by atoms with E-state index in [-0.39, 0.29) is 23.8 Å². The summed E-state index contributed by atoms with van der Waals surface area (Å²) in [6.07, 6.45) is 1.58. The van der Waals surface area contributed by atoms with E-state index >= 15 is 0 Å². The maximum Gasteiger partial charge on any atom is 0.410 e. The number of ether oxygens (including phenoxy) is 2. The molecule has 202 valence electrons. The van der Waals surface area contributed by atoms with Crippen LogP contribution in [0.2, 0.25) is 0 Å². The monoisotopic (exact) mass is 526 g/mol. The highest BCUT2D eigenvalue weighted by atomic mass is 19.1. The summed E-state index contributed by atoms with van der Waals surface area (Å²) >= 11 is 0. The minimum absolute atomic E-state index is 0.0134. The predicted octanol–water partition coefficient (Wildman–Crippen LogP) is 5.97. The predicted molar refractivity (Wildman–Crippen MR) is 137 cm³/mol. The summed E-state index contributed by atoms with van der Waals surface area (Å²) in [5, 5.41) is 2.88. The molecule has 0 aliphatic carbocycles. The number of aromatic nitrogens is 2. The van der Waals surface area contributed by atoms with Gasteiger partial charge in [-0.05, 0) is 63.3 Å². The van der Waals surface area contributed by atoms with Crippen LogP contribution in [0.5, 0.6) is 0 Å². The van der Waals surface area contributed by atoms with Gasteiger partial charge in [0.15, 0.2) is 0 Å². The largest absolute Gasteiger partial charge is 0.445 e. The minimum Gasteiger partial charge on any atom is -0.445 e. The van der Waals surface area contributed by atoms with Crippen molar-refractivity contribution in [3.05, 3.63) is 77.8 Å². The van der Waals surface area contributed by atoms with Gasteiger partial charge in [0.2, 0.25) is 0 Å². The molecule has 38 heavy (non-hydrogen) atoms. The third-order valence-corrected chi connectivity index (χ3v) is 6.24. The van der Waals surface area contributed by atoms with Crippen molar-refractivity contribution in [2.45, 2.75) is 51.9 Å². The number of alkyl carbamates (subject to hydrolysis) is 1. The van der Waals surface area contributed by atoms with Crippen LogP contribution in [0.25, 0.3) is 11.3 Å². The van der Waals surface area contributed by atoms with Gasteiger partial charge in [0.25, 0.3) is 0 Å². The lowest BCUT2D eigenvalue weighted by atomic mass is 9.89. The molecule has 1 saturated heterocycles. The standard InChI is InChI=1S/C28H32F2N4O4/c1-28(2,3)38-26(35)33-24(25-31-16-23(32-25)21-15-20(29)9-10-22(21)30)19-11-13-34(14-12-19)27(36)37-17-18-7-5-4-6-8-18/h4-10,15-16,19,24H,11-14,17H2,1-3H3,(H,31,32)(H,33,35). The van der Waals surface area contributed by atoms with Crippen molar-refractivity contribution in [3.63, 3.8) is 0 Å². The Balaban J connectivity index is 1.46. The molecule has 1 unspecified atom stereocenters. The number of carbonyl (C=O) groups is 2. The Morgan fingerprint density at radius 3 is 2.53 bits per heavy atom. The number of amides is 2. The zero-order valence-electron chi connectivity index (χ0n) is 21.7. The molecule has 3 aromatic rings. The molecule has 1 atom stereocenters. The first kappa shape index (κ1) is 27.1. The van der Waals surface area contributed by atoms with E-state index in [9.17, 15) is 18.4 Å². The molecule has 1 aromatic heterocycles. The van der Waals surface area contributed by atoms with Crippen molar-refractivity contribution in [1.82, 2.24) is 20.2 Å². The van der Waals surface area contributed by atoms with Gasteiger partial charge in [-0.2, -0.15) is 0 Å². The summed E-state index contributed by atoms with van der Waals surface area (Å²) in [6.45, 7) is 6.33. The SMILES string of the molecule is CC(C)(C)OC(=O)NC(c1nc(-c2cc(F)ccc2F)c[nH]1)C1CCN(C(=O)OCc2ccccc2)CC1. The smallest absolute Gasteiger partial charge is 0.410 e. The van der Waals surface area contributed by atoms with E-state index in [1.54, 1.807) is 25.7 Å². The van der Waals surface area contributed by atoms with Crippen LogP contribution in [0.1, 0.15) is 51.0 Å². The molecule has 0 radical (unpaired) electrons. The van der Waals surface area contributed by atoms with Crippen molar-refractivity contribution >= 4 is 12.2 Å². The average molecular weight is 527 g/mol. The molecule has 1 aliphatic heterocycles. The van der Waals surface area contributed by atoms with Gasteiger partial charge in [0.05, 0.1) is 11.7 Å². The van der Waals surface area contributed by atoms with E-state index in [2.05, 4.69) is 15.3 Å². The number of nitrogens with one attached hydrogen (secondary N) is 2. The second kappa shape index (κ2) is 11.6.